The third-order valence-electron chi connectivity index (χ3n) is 2.75. The van der Waals surface area contributed by atoms with E-state index in [4.69, 9.17) is 5.73 Å². The molecule has 2 N–H and O–H groups in total. The highest BCUT2D eigenvalue weighted by molar-refractivity contribution is 14.1. The first kappa shape index (κ1) is 11.1. The smallest absolute Gasteiger partial charge is 0.225 e. The lowest BCUT2D eigenvalue weighted by molar-refractivity contribution is 0.383. The summed E-state index contributed by atoms with van der Waals surface area (Å²) in [5.74, 6) is 0.825. The Morgan fingerprint density at radius 3 is 2.53 bits per heavy atom. The molecule has 1 heterocycles. The third kappa shape index (κ3) is 2.57. The molecule has 0 saturated heterocycles. The van der Waals surface area contributed by atoms with Crippen molar-refractivity contribution in [3.63, 3.8) is 0 Å². The number of aromatic nitrogens is 2. The number of nitrogens with zero attached hydrogens (tertiary/aromatic N) is 3. The van der Waals surface area contributed by atoms with Gasteiger partial charge in [0.2, 0.25) is 5.95 Å². The van der Waals surface area contributed by atoms with Crippen molar-refractivity contribution in [1.29, 1.82) is 0 Å². The molecule has 4 nitrogen and oxygen atoms in total. The molecule has 1 saturated carbocycles. The fourth-order valence-corrected chi connectivity index (χ4v) is 2.02. The van der Waals surface area contributed by atoms with Crippen LogP contribution in [0.1, 0.15) is 19.3 Å². The molecule has 5 heteroatoms. The quantitative estimate of drug-likeness (QED) is 0.853. The van der Waals surface area contributed by atoms with Gasteiger partial charge < -0.3 is 10.6 Å². The van der Waals surface area contributed by atoms with E-state index in [-0.39, 0.29) is 0 Å². The maximum Gasteiger partial charge on any atom is 0.225 e. The van der Waals surface area contributed by atoms with Crippen LogP contribution in [0, 0.1) is 3.57 Å². The Balaban J connectivity index is 2.12. The van der Waals surface area contributed by atoms with Crippen molar-refractivity contribution in [2.45, 2.75) is 25.3 Å². The molecule has 0 amide bonds. The fourth-order valence-electron chi connectivity index (χ4n) is 1.74. The standard InChI is InChI=1S/C10H15IN4/c11-8-6-13-10(14-7-8)15(5-4-12)9-2-1-3-9/h6-7,9H,1-5,12H2. The van der Waals surface area contributed by atoms with Crippen molar-refractivity contribution < 1.29 is 0 Å². The Hall–Kier alpha value is -0.430. The molecule has 1 aromatic rings. The number of rotatable bonds is 4. The lowest BCUT2D eigenvalue weighted by Gasteiger charge is -2.37. The van der Waals surface area contributed by atoms with Gasteiger partial charge in [-0.15, -0.1) is 0 Å². The van der Waals surface area contributed by atoms with E-state index in [2.05, 4.69) is 37.5 Å². The van der Waals surface area contributed by atoms with Crippen LogP contribution >= 0.6 is 22.6 Å². The predicted octanol–water partition coefficient (Wildman–Crippen LogP) is 1.40. The van der Waals surface area contributed by atoms with Gasteiger partial charge in [-0.1, -0.05) is 0 Å². The van der Waals surface area contributed by atoms with Gasteiger partial charge in [-0.25, -0.2) is 9.97 Å². The van der Waals surface area contributed by atoms with Gasteiger partial charge in [0.05, 0.1) is 0 Å². The van der Waals surface area contributed by atoms with Crippen LogP contribution in [0.25, 0.3) is 0 Å². The van der Waals surface area contributed by atoms with E-state index in [1.54, 1.807) is 0 Å². The Morgan fingerprint density at radius 1 is 1.40 bits per heavy atom. The first-order chi connectivity index (χ1) is 7.31. The Labute approximate surface area is 103 Å². The highest BCUT2D eigenvalue weighted by atomic mass is 127. The van der Waals surface area contributed by atoms with Crippen LogP contribution in [0.5, 0.6) is 0 Å². The van der Waals surface area contributed by atoms with Crippen molar-refractivity contribution in [1.82, 2.24) is 9.97 Å². The second-order valence-electron chi connectivity index (χ2n) is 3.77. The third-order valence-corrected chi connectivity index (χ3v) is 3.31. The van der Waals surface area contributed by atoms with Gasteiger partial charge in [-0.3, -0.25) is 0 Å². The minimum absolute atomic E-state index is 0.605. The summed E-state index contributed by atoms with van der Waals surface area (Å²) in [6, 6.07) is 0.605. The SMILES string of the molecule is NCCN(c1ncc(I)cn1)C1CCC1. The molecular formula is C10H15IN4. The highest BCUT2D eigenvalue weighted by Gasteiger charge is 2.26. The van der Waals surface area contributed by atoms with Crippen LogP contribution in [0.4, 0.5) is 5.95 Å². The zero-order valence-corrected chi connectivity index (χ0v) is 10.7. The van der Waals surface area contributed by atoms with Gasteiger partial charge in [0.25, 0.3) is 0 Å². The van der Waals surface area contributed by atoms with Gasteiger partial charge in [-0.05, 0) is 41.9 Å². The van der Waals surface area contributed by atoms with Crippen LogP contribution in [0.15, 0.2) is 12.4 Å². The fraction of sp³-hybridized carbons (Fsp3) is 0.600. The van der Waals surface area contributed by atoms with E-state index >= 15 is 0 Å². The van der Waals surface area contributed by atoms with Gasteiger partial charge in [0.1, 0.15) is 0 Å². The number of halogens is 1. The van der Waals surface area contributed by atoms with Gasteiger partial charge in [-0.2, -0.15) is 0 Å². The number of hydrogen-bond donors (Lipinski definition) is 1. The van der Waals surface area contributed by atoms with Gasteiger partial charge in [0, 0.05) is 35.1 Å². The van der Waals surface area contributed by atoms with Gasteiger partial charge >= 0.3 is 0 Å². The second-order valence-corrected chi connectivity index (χ2v) is 5.01. The summed E-state index contributed by atoms with van der Waals surface area (Å²) in [5.41, 5.74) is 5.61. The monoisotopic (exact) mass is 318 g/mol. The van der Waals surface area contributed by atoms with Crippen molar-refractivity contribution in [3.05, 3.63) is 16.0 Å². The molecule has 0 bridgehead atoms. The van der Waals surface area contributed by atoms with Crippen molar-refractivity contribution in [2.24, 2.45) is 5.73 Å². The number of nitrogens with two attached hydrogens (primary N) is 1. The van der Waals surface area contributed by atoms with E-state index in [0.29, 0.717) is 12.6 Å². The zero-order chi connectivity index (χ0) is 10.7. The molecule has 82 valence electrons. The molecule has 0 aliphatic heterocycles. The molecule has 0 spiro atoms. The summed E-state index contributed by atoms with van der Waals surface area (Å²) in [7, 11) is 0. The minimum Gasteiger partial charge on any atom is -0.337 e. The first-order valence-corrected chi connectivity index (χ1v) is 6.33. The Bertz CT molecular complexity index is 310. The molecule has 0 aromatic carbocycles. The Kier molecular flexibility index (Phi) is 3.74. The number of hydrogen-bond acceptors (Lipinski definition) is 4. The van der Waals surface area contributed by atoms with Crippen LogP contribution in [-0.2, 0) is 0 Å². The largest absolute Gasteiger partial charge is 0.337 e. The van der Waals surface area contributed by atoms with E-state index < -0.39 is 0 Å². The lowest BCUT2D eigenvalue weighted by Crippen LogP contribution is -2.43. The average Bonchev–Trinajstić information content (AvgIpc) is 2.16. The Morgan fingerprint density at radius 2 is 2.07 bits per heavy atom. The average molecular weight is 318 g/mol. The van der Waals surface area contributed by atoms with E-state index in [1.807, 2.05) is 12.4 Å². The maximum atomic E-state index is 5.61. The molecular weight excluding hydrogens is 303 g/mol. The first-order valence-electron chi connectivity index (χ1n) is 5.25. The molecule has 1 aliphatic rings. The van der Waals surface area contributed by atoms with Crippen molar-refractivity contribution >= 4 is 28.5 Å². The summed E-state index contributed by atoms with van der Waals surface area (Å²) >= 11 is 2.21. The summed E-state index contributed by atoms with van der Waals surface area (Å²) in [5, 5.41) is 0. The predicted molar refractivity (Wildman–Crippen MR) is 68.8 cm³/mol. The van der Waals surface area contributed by atoms with E-state index in [1.165, 1.54) is 19.3 Å². The van der Waals surface area contributed by atoms with E-state index in [0.717, 1.165) is 16.1 Å². The molecule has 0 atom stereocenters. The molecule has 2 rings (SSSR count). The molecule has 1 fully saturated rings. The lowest BCUT2D eigenvalue weighted by atomic mass is 9.92. The van der Waals surface area contributed by atoms with Crippen LogP contribution < -0.4 is 10.6 Å². The summed E-state index contributed by atoms with van der Waals surface area (Å²) in [4.78, 5) is 10.9. The summed E-state index contributed by atoms with van der Waals surface area (Å²) in [6.45, 7) is 1.51. The molecule has 1 aromatic heterocycles. The summed E-state index contributed by atoms with van der Waals surface area (Å²) in [6.07, 6.45) is 7.51. The minimum atomic E-state index is 0.605. The second kappa shape index (κ2) is 5.07. The van der Waals surface area contributed by atoms with Crippen molar-refractivity contribution in [2.75, 3.05) is 18.0 Å². The highest BCUT2D eigenvalue weighted by Crippen LogP contribution is 2.27. The maximum absolute atomic E-state index is 5.61. The van der Waals surface area contributed by atoms with Crippen LogP contribution in [0.2, 0.25) is 0 Å². The van der Waals surface area contributed by atoms with Crippen LogP contribution in [-0.4, -0.2) is 29.1 Å². The molecule has 0 unspecified atom stereocenters. The molecule has 0 radical (unpaired) electrons. The number of anilines is 1. The molecule has 1 aliphatic carbocycles. The molecule has 15 heavy (non-hydrogen) atoms. The topological polar surface area (TPSA) is 55.0 Å². The van der Waals surface area contributed by atoms with E-state index in [9.17, 15) is 0 Å². The zero-order valence-electron chi connectivity index (χ0n) is 8.56. The normalized spacial score (nSPS) is 16.1. The van der Waals surface area contributed by atoms with Gasteiger partial charge in [0.15, 0.2) is 0 Å². The summed E-state index contributed by atoms with van der Waals surface area (Å²) < 4.78 is 1.07. The van der Waals surface area contributed by atoms with Crippen LogP contribution in [0.3, 0.4) is 0 Å². The van der Waals surface area contributed by atoms with Crippen molar-refractivity contribution in [3.8, 4) is 0 Å².